The largest absolute Gasteiger partial charge is 1.00 e. The molecule has 1 heterocycles. The van der Waals surface area contributed by atoms with Crippen LogP contribution in [0.3, 0.4) is 0 Å². The lowest BCUT2D eigenvalue weighted by atomic mass is 10.2. The molecule has 0 saturated carbocycles. The molecule has 1 aromatic heterocycles. The molecule has 0 aliphatic rings. The Morgan fingerprint density at radius 1 is 1.22 bits per heavy atom. The third kappa shape index (κ3) is 3.53. The van der Waals surface area contributed by atoms with Crippen LogP contribution in [-0.2, 0) is 6.54 Å². The number of amides is 1. The second kappa shape index (κ2) is 6.71. The summed E-state index contributed by atoms with van der Waals surface area (Å²) in [5.41, 5.74) is 0.990. The lowest BCUT2D eigenvalue weighted by Gasteiger charge is -2.04. The van der Waals surface area contributed by atoms with Gasteiger partial charge >= 0.3 is 0 Å². The molecule has 5 heteroatoms. The predicted molar refractivity (Wildman–Crippen MR) is 60.6 cm³/mol. The Hall–Kier alpha value is -1.94. The standard InChI is InChI=1S/C13H11FN2O.ClH/c14-12-6-2-1-5-11(12)13(17)16-9-10-4-3-7-15-8-10;/h1-8H,9H2,(H,16,17);1H. The minimum atomic E-state index is -0.510. The summed E-state index contributed by atoms with van der Waals surface area (Å²) in [6, 6.07) is 9.63. The highest BCUT2D eigenvalue weighted by molar-refractivity contribution is 5.94. The van der Waals surface area contributed by atoms with Crippen LogP contribution in [0, 0.1) is 5.82 Å². The second-order valence-electron chi connectivity index (χ2n) is 3.57. The van der Waals surface area contributed by atoms with Crippen molar-refractivity contribution >= 4 is 5.91 Å². The summed E-state index contributed by atoms with van der Waals surface area (Å²) in [7, 11) is 0. The first kappa shape index (κ1) is 14.1. The fraction of sp³-hybridized carbons (Fsp3) is 0.0769. The molecule has 94 valence electrons. The molecule has 0 fully saturated rings. The Bertz CT molecular complexity index is 519. The van der Waals surface area contributed by atoms with Gasteiger partial charge in [-0.25, -0.2) is 9.37 Å². The van der Waals surface area contributed by atoms with E-state index in [1.54, 1.807) is 24.5 Å². The van der Waals surface area contributed by atoms with Gasteiger partial charge in [-0.2, -0.15) is 0 Å². The smallest absolute Gasteiger partial charge is 0.254 e. The van der Waals surface area contributed by atoms with E-state index in [9.17, 15) is 9.18 Å². The maximum Gasteiger partial charge on any atom is 0.254 e. The fourth-order valence-electron chi connectivity index (χ4n) is 1.46. The number of carbonyl (C=O) groups excluding carboxylic acids is 1. The van der Waals surface area contributed by atoms with E-state index in [-0.39, 0.29) is 18.0 Å². The number of hydrogen-bond donors (Lipinski definition) is 1. The molecule has 0 spiro atoms. The number of carbonyl (C=O) groups is 1. The first-order valence-corrected chi connectivity index (χ1v) is 5.25. The maximum atomic E-state index is 13.3. The Morgan fingerprint density at radius 2 is 2.00 bits per heavy atom. The summed E-state index contributed by atoms with van der Waals surface area (Å²) in [4.78, 5) is 14.6. The summed E-state index contributed by atoms with van der Waals surface area (Å²) in [6.07, 6.45) is 3.56. The van der Waals surface area contributed by atoms with Gasteiger partial charge in [0.2, 0.25) is 0 Å². The number of aromatic amines is 1. The van der Waals surface area contributed by atoms with Crippen molar-refractivity contribution in [3.8, 4) is 0 Å². The zero-order chi connectivity index (χ0) is 12.1. The number of hydrogen-bond acceptors (Lipinski definition) is 1. The summed E-state index contributed by atoms with van der Waals surface area (Å²) < 4.78 is 13.3. The van der Waals surface area contributed by atoms with Crippen LogP contribution in [0.25, 0.3) is 0 Å². The lowest BCUT2D eigenvalue weighted by molar-refractivity contribution is -0.378. The molecular weight excluding hydrogens is 255 g/mol. The molecule has 0 aliphatic carbocycles. The molecule has 3 nitrogen and oxygen atoms in total. The van der Waals surface area contributed by atoms with Crippen molar-refractivity contribution in [3.63, 3.8) is 0 Å². The molecule has 0 aliphatic heterocycles. The Morgan fingerprint density at radius 3 is 2.67 bits per heavy atom. The van der Waals surface area contributed by atoms with Gasteiger partial charge in [-0.05, 0) is 18.2 Å². The number of nitrogens with one attached hydrogen (secondary N) is 2. The van der Waals surface area contributed by atoms with E-state index >= 15 is 0 Å². The van der Waals surface area contributed by atoms with E-state index in [1.165, 1.54) is 12.1 Å². The highest BCUT2D eigenvalue weighted by Gasteiger charge is 2.10. The van der Waals surface area contributed by atoms with Gasteiger partial charge in [0.05, 0.1) is 5.56 Å². The van der Waals surface area contributed by atoms with Crippen LogP contribution in [0.2, 0.25) is 0 Å². The number of rotatable bonds is 3. The van der Waals surface area contributed by atoms with Crippen molar-refractivity contribution in [3.05, 3.63) is 65.7 Å². The van der Waals surface area contributed by atoms with Gasteiger partial charge in [-0.15, -0.1) is 0 Å². The van der Waals surface area contributed by atoms with Crippen LogP contribution in [0.15, 0.2) is 48.8 Å². The van der Waals surface area contributed by atoms with Crippen molar-refractivity contribution in [2.24, 2.45) is 0 Å². The van der Waals surface area contributed by atoms with E-state index in [4.69, 9.17) is 0 Å². The summed E-state index contributed by atoms with van der Waals surface area (Å²) in [5.74, 6) is -0.920. The molecule has 2 N–H and O–H groups in total. The number of benzene rings is 1. The van der Waals surface area contributed by atoms with Crippen LogP contribution in [-0.4, -0.2) is 5.91 Å². The van der Waals surface area contributed by atoms with Gasteiger partial charge in [-0.3, -0.25) is 4.79 Å². The van der Waals surface area contributed by atoms with Crippen molar-refractivity contribution in [1.29, 1.82) is 0 Å². The van der Waals surface area contributed by atoms with E-state index in [1.807, 2.05) is 12.1 Å². The van der Waals surface area contributed by atoms with E-state index in [0.29, 0.717) is 6.54 Å². The number of H-pyrrole nitrogens is 1. The average Bonchev–Trinajstić information content (AvgIpc) is 2.38. The second-order valence-corrected chi connectivity index (χ2v) is 3.57. The molecule has 0 bridgehead atoms. The molecule has 0 unspecified atom stereocenters. The Kier molecular flexibility index (Phi) is 5.27. The van der Waals surface area contributed by atoms with E-state index in [2.05, 4.69) is 10.3 Å². The normalized spacial score (nSPS) is 9.39. The summed E-state index contributed by atoms with van der Waals surface area (Å²) in [6.45, 7) is 0.366. The van der Waals surface area contributed by atoms with E-state index in [0.717, 1.165) is 5.56 Å². The first-order valence-electron chi connectivity index (χ1n) is 5.25. The Balaban J connectivity index is 0.00000162. The fourth-order valence-corrected chi connectivity index (χ4v) is 1.46. The van der Waals surface area contributed by atoms with Gasteiger partial charge in [-0.1, -0.05) is 12.1 Å². The van der Waals surface area contributed by atoms with Crippen LogP contribution in [0.1, 0.15) is 15.9 Å². The van der Waals surface area contributed by atoms with Gasteiger partial charge in [0.15, 0.2) is 12.4 Å². The molecule has 1 aromatic carbocycles. The zero-order valence-corrected chi connectivity index (χ0v) is 10.2. The molecule has 2 aromatic rings. The van der Waals surface area contributed by atoms with Crippen molar-refractivity contribution < 1.29 is 26.6 Å². The molecule has 1 amide bonds. The minimum Gasteiger partial charge on any atom is -1.00 e. The molecule has 18 heavy (non-hydrogen) atoms. The molecule has 0 saturated heterocycles. The lowest BCUT2D eigenvalue weighted by Crippen LogP contribution is -3.00. The third-order valence-electron chi connectivity index (χ3n) is 2.34. The summed E-state index contributed by atoms with van der Waals surface area (Å²) in [5, 5.41) is 2.66. The van der Waals surface area contributed by atoms with Crippen LogP contribution in [0.4, 0.5) is 4.39 Å². The number of halogens is 2. The first-order chi connectivity index (χ1) is 8.27. The molecule has 0 atom stereocenters. The maximum absolute atomic E-state index is 13.3. The number of pyridine rings is 1. The van der Waals surface area contributed by atoms with E-state index < -0.39 is 11.7 Å². The molecular formula is C13H12ClFN2O. The third-order valence-corrected chi connectivity index (χ3v) is 2.34. The van der Waals surface area contributed by atoms with Gasteiger partial charge in [0.1, 0.15) is 5.82 Å². The highest BCUT2D eigenvalue weighted by Crippen LogP contribution is 2.06. The van der Waals surface area contributed by atoms with Crippen LogP contribution >= 0.6 is 0 Å². The number of aromatic nitrogens is 1. The summed E-state index contributed by atoms with van der Waals surface area (Å²) >= 11 is 0. The molecule has 2 rings (SSSR count). The quantitative estimate of drug-likeness (QED) is 0.728. The van der Waals surface area contributed by atoms with Crippen LogP contribution in [0.5, 0.6) is 0 Å². The van der Waals surface area contributed by atoms with Gasteiger partial charge in [0.25, 0.3) is 5.91 Å². The minimum absolute atomic E-state index is 0. The molecule has 0 radical (unpaired) electrons. The highest BCUT2D eigenvalue weighted by atomic mass is 35.5. The monoisotopic (exact) mass is 266 g/mol. The zero-order valence-electron chi connectivity index (χ0n) is 9.49. The van der Waals surface area contributed by atoms with Gasteiger partial charge < -0.3 is 17.7 Å². The van der Waals surface area contributed by atoms with Crippen molar-refractivity contribution in [2.45, 2.75) is 6.54 Å². The topological polar surface area (TPSA) is 43.2 Å². The van der Waals surface area contributed by atoms with Crippen molar-refractivity contribution in [2.75, 3.05) is 0 Å². The predicted octanol–water partition coefficient (Wildman–Crippen LogP) is -1.43. The average molecular weight is 267 g/mol. The van der Waals surface area contributed by atoms with Gasteiger partial charge in [0, 0.05) is 18.2 Å². The Labute approximate surface area is 110 Å². The SMILES string of the molecule is O=C(NCc1ccc[nH+]c1)c1ccccc1F.[Cl-]. The van der Waals surface area contributed by atoms with Crippen LogP contribution < -0.4 is 22.7 Å². The van der Waals surface area contributed by atoms with Crippen molar-refractivity contribution in [1.82, 2.24) is 5.32 Å².